The van der Waals surface area contributed by atoms with Crippen LogP contribution in [0.2, 0.25) is 0 Å². The van der Waals surface area contributed by atoms with Crippen molar-refractivity contribution in [3.05, 3.63) is 23.8 Å². The number of ether oxygens (including phenoxy) is 1. The third-order valence-electron chi connectivity index (χ3n) is 5.17. The van der Waals surface area contributed by atoms with Crippen molar-refractivity contribution in [3.63, 3.8) is 0 Å². The van der Waals surface area contributed by atoms with Crippen LogP contribution in [0, 0.1) is 11.8 Å². The maximum Gasteiger partial charge on any atom is 0.116 e. The summed E-state index contributed by atoms with van der Waals surface area (Å²) < 4.78 is 5.98. The third kappa shape index (κ3) is 1.83. The van der Waals surface area contributed by atoms with Gasteiger partial charge in [0.1, 0.15) is 5.75 Å². The van der Waals surface area contributed by atoms with Crippen LogP contribution in [0.15, 0.2) is 18.2 Å². The molecule has 1 aromatic rings. The van der Waals surface area contributed by atoms with E-state index < -0.39 is 0 Å². The Balaban J connectivity index is 1.71. The number of nitrogens with one attached hydrogen (secondary N) is 1. The van der Waals surface area contributed by atoms with Gasteiger partial charge in [-0.25, -0.2) is 0 Å². The van der Waals surface area contributed by atoms with Gasteiger partial charge in [0.25, 0.3) is 0 Å². The minimum absolute atomic E-state index is 0.189. The van der Waals surface area contributed by atoms with Crippen molar-refractivity contribution in [2.75, 3.05) is 11.9 Å². The van der Waals surface area contributed by atoms with Gasteiger partial charge in [0.15, 0.2) is 0 Å². The van der Waals surface area contributed by atoms with Crippen LogP contribution in [-0.4, -0.2) is 17.8 Å². The molecule has 3 atom stereocenters. The summed E-state index contributed by atoms with van der Waals surface area (Å²) in [6.45, 7) is 0.856. The molecular weight excluding hydrogens is 238 g/mol. The normalized spacial score (nSPS) is 33.8. The Labute approximate surface area is 114 Å². The second-order valence-corrected chi connectivity index (χ2v) is 6.23. The van der Waals surface area contributed by atoms with Gasteiger partial charge in [-0.1, -0.05) is 12.8 Å². The maximum absolute atomic E-state index is 9.70. The summed E-state index contributed by atoms with van der Waals surface area (Å²) in [5, 5.41) is 13.4. The van der Waals surface area contributed by atoms with Crippen LogP contribution in [-0.2, 0) is 4.74 Å². The monoisotopic (exact) mass is 259 g/mol. The Bertz CT molecular complexity index is 482. The number of rotatable bonds is 1. The summed E-state index contributed by atoms with van der Waals surface area (Å²) in [4.78, 5) is 0. The molecule has 1 aliphatic carbocycles. The first-order chi connectivity index (χ1) is 9.33. The van der Waals surface area contributed by atoms with E-state index in [2.05, 4.69) is 5.32 Å². The first kappa shape index (κ1) is 11.6. The highest BCUT2D eigenvalue weighted by molar-refractivity contribution is 5.58. The Morgan fingerprint density at radius 2 is 2.00 bits per heavy atom. The fraction of sp³-hybridized carbons (Fsp3) is 0.625. The molecule has 2 heterocycles. The van der Waals surface area contributed by atoms with Gasteiger partial charge in [-0.2, -0.15) is 0 Å². The number of aromatic hydroxyl groups is 1. The number of benzene rings is 1. The van der Waals surface area contributed by atoms with Gasteiger partial charge in [-0.15, -0.1) is 0 Å². The SMILES string of the molecule is Oc1ccc2c(c1)[C@H]1OCC[C@H]1[C@@H](C1CCCC1)N2. The van der Waals surface area contributed by atoms with E-state index in [9.17, 15) is 5.11 Å². The van der Waals surface area contributed by atoms with E-state index in [1.807, 2.05) is 12.1 Å². The Hall–Kier alpha value is -1.22. The van der Waals surface area contributed by atoms with Crippen LogP contribution in [0.1, 0.15) is 43.8 Å². The van der Waals surface area contributed by atoms with Crippen molar-refractivity contribution < 1.29 is 9.84 Å². The molecule has 3 heteroatoms. The van der Waals surface area contributed by atoms with Gasteiger partial charge in [0, 0.05) is 29.8 Å². The van der Waals surface area contributed by atoms with Crippen molar-refractivity contribution in [1.29, 1.82) is 0 Å². The van der Waals surface area contributed by atoms with E-state index in [0.29, 0.717) is 17.7 Å². The molecule has 4 rings (SSSR count). The Morgan fingerprint density at radius 1 is 1.16 bits per heavy atom. The maximum atomic E-state index is 9.70. The van der Waals surface area contributed by atoms with Crippen LogP contribution < -0.4 is 5.32 Å². The molecule has 0 radical (unpaired) electrons. The number of hydrogen-bond acceptors (Lipinski definition) is 3. The average Bonchev–Trinajstić information content (AvgIpc) is 3.09. The van der Waals surface area contributed by atoms with E-state index in [1.165, 1.54) is 25.7 Å². The second-order valence-electron chi connectivity index (χ2n) is 6.23. The number of anilines is 1. The van der Waals surface area contributed by atoms with Crippen molar-refractivity contribution in [3.8, 4) is 5.75 Å². The number of phenols is 1. The smallest absolute Gasteiger partial charge is 0.116 e. The quantitative estimate of drug-likeness (QED) is 0.759. The molecule has 2 aliphatic heterocycles. The van der Waals surface area contributed by atoms with Gasteiger partial charge in [0.2, 0.25) is 0 Å². The fourth-order valence-corrected chi connectivity index (χ4v) is 4.28. The van der Waals surface area contributed by atoms with Crippen LogP contribution in [0.4, 0.5) is 5.69 Å². The second kappa shape index (κ2) is 4.41. The first-order valence-corrected chi connectivity index (χ1v) is 7.54. The van der Waals surface area contributed by atoms with Crippen LogP contribution in [0.25, 0.3) is 0 Å². The van der Waals surface area contributed by atoms with Gasteiger partial charge in [-0.3, -0.25) is 0 Å². The average molecular weight is 259 g/mol. The largest absolute Gasteiger partial charge is 0.508 e. The van der Waals surface area contributed by atoms with Gasteiger partial charge >= 0.3 is 0 Å². The van der Waals surface area contributed by atoms with E-state index in [-0.39, 0.29) is 6.10 Å². The molecule has 2 fully saturated rings. The zero-order valence-electron chi connectivity index (χ0n) is 11.1. The third-order valence-corrected chi connectivity index (χ3v) is 5.17. The van der Waals surface area contributed by atoms with Gasteiger partial charge in [0.05, 0.1) is 6.10 Å². The Kier molecular flexibility index (Phi) is 2.69. The van der Waals surface area contributed by atoms with Gasteiger partial charge in [-0.05, 0) is 43.4 Å². The fourth-order valence-electron chi connectivity index (χ4n) is 4.28. The summed E-state index contributed by atoms with van der Waals surface area (Å²) in [6, 6.07) is 6.21. The zero-order valence-corrected chi connectivity index (χ0v) is 11.1. The molecule has 3 nitrogen and oxygen atoms in total. The summed E-state index contributed by atoms with van der Waals surface area (Å²) in [6.07, 6.45) is 6.80. The molecule has 102 valence electrons. The molecular formula is C16H21NO2. The highest BCUT2D eigenvalue weighted by Crippen LogP contribution is 2.49. The molecule has 0 unspecified atom stereocenters. The molecule has 3 aliphatic rings. The van der Waals surface area contributed by atoms with E-state index >= 15 is 0 Å². The highest BCUT2D eigenvalue weighted by atomic mass is 16.5. The van der Waals surface area contributed by atoms with Crippen molar-refractivity contribution in [2.45, 2.75) is 44.2 Å². The lowest BCUT2D eigenvalue weighted by atomic mass is 9.77. The predicted octanol–water partition coefficient (Wildman–Crippen LogP) is 3.45. The lowest BCUT2D eigenvalue weighted by Gasteiger charge is -2.39. The molecule has 19 heavy (non-hydrogen) atoms. The predicted molar refractivity (Wildman–Crippen MR) is 74.3 cm³/mol. The summed E-state index contributed by atoms with van der Waals surface area (Å²) in [5.74, 6) is 1.72. The van der Waals surface area contributed by atoms with Crippen LogP contribution >= 0.6 is 0 Å². The molecule has 1 aromatic carbocycles. The van der Waals surface area contributed by atoms with Crippen molar-refractivity contribution in [1.82, 2.24) is 0 Å². The first-order valence-electron chi connectivity index (χ1n) is 7.54. The molecule has 0 spiro atoms. The number of hydrogen-bond donors (Lipinski definition) is 2. The Morgan fingerprint density at radius 3 is 2.84 bits per heavy atom. The number of fused-ring (bicyclic) bond motifs is 3. The standard InChI is InChI=1S/C16H21NO2/c18-11-5-6-14-13(9-11)16-12(7-8-19-16)15(17-14)10-3-1-2-4-10/h5-6,9-10,12,15-18H,1-4,7-8H2/t12-,15+,16-/m0/s1. The van der Waals surface area contributed by atoms with E-state index in [4.69, 9.17) is 4.74 Å². The van der Waals surface area contributed by atoms with Crippen LogP contribution in [0.5, 0.6) is 5.75 Å². The lowest BCUT2D eigenvalue weighted by Crippen LogP contribution is -2.40. The molecule has 2 N–H and O–H groups in total. The summed E-state index contributed by atoms with van der Waals surface area (Å²) in [5.41, 5.74) is 2.31. The molecule has 0 aromatic heterocycles. The summed E-state index contributed by atoms with van der Waals surface area (Å²) in [7, 11) is 0. The van der Waals surface area contributed by atoms with E-state index in [1.54, 1.807) is 6.07 Å². The lowest BCUT2D eigenvalue weighted by molar-refractivity contribution is 0.0765. The van der Waals surface area contributed by atoms with Crippen molar-refractivity contribution in [2.24, 2.45) is 11.8 Å². The van der Waals surface area contributed by atoms with Crippen LogP contribution in [0.3, 0.4) is 0 Å². The number of phenolic OH excluding ortho intramolecular Hbond substituents is 1. The van der Waals surface area contributed by atoms with Gasteiger partial charge < -0.3 is 15.2 Å². The van der Waals surface area contributed by atoms with E-state index in [0.717, 1.165) is 30.2 Å². The molecule has 0 amide bonds. The minimum Gasteiger partial charge on any atom is -0.508 e. The summed E-state index contributed by atoms with van der Waals surface area (Å²) >= 11 is 0. The highest BCUT2D eigenvalue weighted by Gasteiger charge is 2.44. The molecule has 0 bridgehead atoms. The minimum atomic E-state index is 0.189. The zero-order chi connectivity index (χ0) is 12.8. The van der Waals surface area contributed by atoms with Crippen molar-refractivity contribution >= 4 is 5.69 Å². The topological polar surface area (TPSA) is 41.5 Å². The molecule has 1 saturated heterocycles. The molecule has 1 saturated carbocycles.